The van der Waals surface area contributed by atoms with Crippen molar-refractivity contribution in [1.82, 2.24) is 5.32 Å². The standard InChI is InChI=1S/C11H21F2N/c1-2-14-9-11(10(12)13)7-5-3-4-6-8-11/h10,14H,2-9H2,1H3. The maximum absolute atomic E-state index is 13.0. The molecule has 0 heterocycles. The van der Waals surface area contributed by atoms with Crippen molar-refractivity contribution >= 4 is 0 Å². The number of nitrogens with one attached hydrogen (secondary N) is 1. The molecule has 1 rings (SSSR count). The Labute approximate surface area is 85.3 Å². The van der Waals surface area contributed by atoms with Crippen molar-refractivity contribution in [3.8, 4) is 0 Å². The minimum absolute atomic E-state index is 0.487. The van der Waals surface area contributed by atoms with Crippen LogP contribution >= 0.6 is 0 Å². The largest absolute Gasteiger partial charge is 0.316 e. The van der Waals surface area contributed by atoms with E-state index in [1.54, 1.807) is 0 Å². The summed E-state index contributed by atoms with van der Waals surface area (Å²) in [5, 5.41) is 3.09. The van der Waals surface area contributed by atoms with Crippen LogP contribution in [0.4, 0.5) is 8.78 Å². The summed E-state index contributed by atoms with van der Waals surface area (Å²) < 4.78 is 26.1. The smallest absolute Gasteiger partial charge is 0.245 e. The molecule has 0 spiro atoms. The first kappa shape index (κ1) is 11.9. The predicted molar refractivity (Wildman–Crippen MR) is 54.7 cm³/mol. The van der Waals surface area contributed by atoms with Crippen molar-refractivity contribution < 1.29 is 8.78 Å². The topological polar surface area (TPSA) is 12.0 Å². The van der Waals surface area contributed by atoms with Crippen LogP contribution in [0.25, 0.3) is 0 Å². The van der Waals surface area contributed by atoms with E-state index in [1.807, 2.05) is 6.92 Å². The molecule has 0 aliphatic heterocycles. The second-order valence-electron chi connectivity index (χ2n) is 4.36. The van der Waals surface area contributed by atoms with Gasteiger partial charge in [-0.3, -0.25) is 0 Å². The molecule has 0 unspecified atom stereocenters. The van der Waals surface area contributed by atoms with Crippen LogP contribution in [0, 0.1) is 5.41 Å². The summed E-state index contributed by atoms with van der Waals surface area (Å²) in [5.41, 5.74) is -0.730. The second-order valence-corrected chi connectivity index (χ2v) is 4.36. The maximum atomic E-state index is 13.0. The first-order valence-electron chi connectivity index (χ1n) is 5.70. The molecular formula is C11H21F2N. The fourth-order valence-electron chi connectivity index (χ4n) is 2.28. The van der Waals surface area contributed by atoms with Crippen LogP contribution < -0.4 is 5.32 Å². The van der Waals surface area contributed by atoms with Crippen molar-refractivity contribution in [2.75, 3.05) is 13.1 Å². The van der Waals surface area contributed by atoms with Crippen molar-refractivity contribution in [3.63, 3.8) is 0 Å². The van der Waals surface area contributed by atoms with Crippen LogP contribution in [-0.2, 0) is 0 Å². The lowest BCUT2D eigenvalue weighted by Gasteiger charge is -2.32. The van der Waals surface area contributed by atoms with Gasteiger partial charge in [-0.15, -0.1) is 0 Å². The summed E-state index contributed by atoms with van der Waals surface area (Å²) in [6.07, 6.45) is 3.40. The molecule has 1 N–H and O–H groups in total. The average molecular weight is 205 g/mol. The lowest BCUT2D eigenvalue weighted by Crippen LogP contribution is -2.39. The van der Waals surface area contributed by atoms with Gasteiger partial charge in [0.25, 0.3) is 0 Å². The predicted octanol–water partition coefficient (Wildman–Crippen LogP) is 3.20. The number of alkyl halides is 2. The fraction of sp³-hybridized carbons (Fsp3) is 1.00. The summed E-state index contributed by atoms with van der Waals surface area (Å²) >= 11 is 0. The molecule has 3 heteroatoms. The zero-order chi connectivity index (χ0) is 10.4. The van der Waals surface area contributed by atoms with Gasteiger partial charge in [0.15, 0.2) is 0 Å². The van der Waals surface area contributed by atoms with Crippen molar-refractivity contribution in [3.05, 3.63) is 0 Å². The highest BCUT2D eigenvalue weighted by atomic mass is 19.3. The van der Waals surface area contributed by atoms with Gasteiger partial charge in [0, 0.05) is 12.0 Å². The van der Waals surface area contributed by atoms with Gasteiger partial charge in [-0.05, 0) is 19.4 Å². The highest BCUT2D eigenvalue weighted by molar-refractivity contribution is 4.85. The zero-order valence-electron chi connectivity index (χ0n) is 8.99. The average Bonchev–Trinajstić information content (AvgIpc) is 2.41. The molecule has 1 aliphatic carbocycles. The van der Waals surface area contributed by atoms with Gasteiger partial charge in [0.1, 0.15) is 0 Å². The normalized spacial score (nSPS) is 22.3. The number of hydrogen-bond donors (Lipinski definition) is 1. The molecule has 1 fully saturated rings. The minimum atomic E-state index is -2.17. The highest BCUT2D eigenvalue weighted by Crippen LogP contribution is 2.39. The minimum Gasteiger partial charge on any atom is -0.316 e. The molecule has 0 aromatic rings. The van der Waals surface area contributed by atoms with E-state index in [0.717, 1.165) is 32.2 Å². The Morgan fingerprint density at radius 3 is 2.14 bits per heavy atom. The fourth-order valence-corrected chi connectivity index (χ4v) is 2.28. The van der Waals surface area contributed by atoms with Crippen LogP contribution in [0.15, 0.2) is 0 Å². The van der Waals surface area contributed by atoms with Crippen LogP contribution in [0.2, 0.25) is 0 Å². The van der Waals surface area contributed by atoms with E-state index in [9.17, 15) is 8.78 Å². The maximum Gasteiger partial charge on any atom is 0.245 e. The summed E-state index contributed by atoms with van der Waals surface area (Å²) in [4.78, 5) is 0. The Hall–Kier alpha value is -0.180. The van der Waals surface area contributed by atoms with E-state index in [-0.39, 0.29) is 0 Å². The first-order valence-corrected chi connectivity index (χ1v) is 5.70. The van der Waals surface area contributed by atoms with Gasteiger partial charge in [-0.25, -0.2) is 8.78 Å². The van der Waals surface area contributed by atoms with Crippen molar-refractivity contribution in [1.29, 1.82) is 0 Å². The van der Waals surface area contributed by atoms with Crippen molar-refractivity contribution in [2.45, 2.75) is 51.9 Å². The molecule has 1 aliphatic rings. The van der Waals surface area contributed by atoms with Crippen LogP contribution in [0.5, 0.6) is 0 Å². The van der Waals surface area contributed by atoms with Crippen molar-refractivity contribution in [2.24, 2.45) is 5.41 Å². The third-order valence-electron chi connectivity index (χ3n) is 3.29. The first-order chi connectivity index (χ1) is 6.71. The van der Waals surface area contributed by atoms with E-state index in [1.165, 1.54) is 0 Å². The van der Waals surface area contributed by atoms with Gasteiger partial charge in [0.2, 0.25) is 6.43 Å². The van der Waals surface area contributed by atoms with Crippen LogP contribution in [0.1, 0.15) is 45.4 Å². The zero-order valence-corrected chi connectivity index (χ0v) is 8.99. The summed E-state index contributed by atoms with van der Waals surface area (Å²) in [5.74, 6) is 0. The number of hydrogen-bond acceptors (Lipinski definition) is 1. The molecule has 0 atom stereocenters. The third-order valence-corrected chi connectivity index (χ3v) is 3.29. The number of rotatable bonds is 4. The Morgan fingerprint density at radius 2 is 1.71 bits per heavy atom. The summed E-state index contributed by atoms with van der Waals surface area (Å²) in [6.45, 7) is 3.24. The molecule has 0 amide bonds. The molecule has 0 radical (unpaired) electrons. The van der Waals surface area contributed by atoms with Gasteiger partial charge in [0.05, 0.1) is 0 Å². The molecule has 14 heavy (non-hydrogen) atoms. The Balaban J connectivity index is 2.57. The lowest BCUT2D eigenvalue weighted by atomic mass is 9.80. The lowest BCUT2D eigenvalue weighted by molar-refractivity contribution is -0.0156. The van der Waals surface area contributed by atoms with Crippen LogP contribution in [0.3, 0.4) is 0 Å². The van der Waals surface area contributed by atoms with Gasteiger partial charge in [-0.1, -0.05) is 32.6 Å². The molecule has 0 saturated heterocycles. The molecule has 84 valence electrons. The molecule has 1 saturated carbocycles. The quantitative estimate of drug-likeness (QED) is 0.695. The molecule has 1 nitrogen and oxygen atoms in total. The molecule has 0 bridgehead atoms. The Morgan fingerprint density at radius 1 is 1.14 bits per heavy atom. The van der Waals surface area contributed by atoms with E-state index in [0.29, 0.717) is 19.4 Å². The van der Waals surface area contributed by atoms with E-state index < -0.39 is 11.8 Å². The van der Waals surface area contributed by atoms with Gasteiger partial charge < -0.3 is 5.32 Å². The van der Waals surface area contributed by atoms with E-state index in [4.69, 9.17) is 0 Å². The van der Waals surface area contributed by atoms with E-state index in [2.05, 4.69) is 5.32 Å². The second kappa shape index (κ2) is 5.64. The van der Waals surface area contributed by atoms with Gasteiger partial charge in [-0.2, -0.15) is 0 Å². The summed E-state index contributed by atoms with van der Waals surface area (Å²) in [7, 11) is 0. The monoisotopic (exact) mass is 205 g/mol. The van der Waals surface area contributed by atoms with E-state index >= 15 is 0 Å². The van der Waals surface area contributed by atoms with Gasteiger partial charge >= 0.3 is 0 Å². The van der Waals surface area contributed by atoms with Crippen LogP contribution in [-0.4, -0.2) is 19.5 Å². The Bertz CT molecular complexity index is 151. The Kier molecular flexibility index (Phi) is 4.79. The molecule has 0 aromatic heterocycles. The third kappa shape index (κ3) is 2.91. The SMILES string of the molecule is CCNCC1(C(F)F)CCCCCC1. The molecular weight excluding hydrogens is 184 g/mol. The molecule has 0 aromatic carbocycles. The number of halogens is 2. The summed E-state index contributed by atoms with van der Waals surface area (Å²) in [6, 6.07) is 0. The highest BCUT2D eigenvalue weighted by Gasteiger charge is 2.39.